The molecule has 256 valence electrons. The first-order valence-electron chi connectivity index (χ1n) is 17.3. The van der Waals surface area contributed by atoms with E-state index in [2.05, 4.69) is 36.5 Å². The average molecular weight is 672 g/mol. The summed E-state index contributed by atoms with van der Waals surface area (Å²) in [5.74, 6) is -0.215. The van der Waals surface area contributed by atoms with Gasteiger partial charge < -0.3 is 30.2 Å². The summed E-state index contributed by atoms with van der Waals surface area (Å²) in [5.41, 5.74) is 2.92. The Hall–Kier alpha value is -2.78. The van der Waals surface area contributed by atoms with E-state index in [0.717, 1.165) is 51.7 Å². The molecule has 12 nitrogen and oxygen atoms in total. The van der Waals surface area contributed by atoms with Gasteiger partial charge in [-0.2, -0.15) is 5.10 Å². The summed E-state index contributed by atoms with van der Waals surface area (Å²) in [6, 6.07) is 0.00749. The number of dihydropyridines is 1. The number of amidine groups is 1. The van der Waals surface area contributed by atoms with Gasteiger partial charge >= 0.3 is 0 Å². The Morgan fingerprint density at radius 3 is 2.87 bits per heavy atom. The number of piperidine rings is 1. The van der Waals surface area contributed by atoms with Gasteiger partial charge in [0.2, 0.25) is 11.8 Å². The number of carbonyl (C=O) groups is 2. The Kier molecular flexibility index (Phi) is 10.6. The number of amides is 2. The maximum atomic E-state index is 15.7. The second-order valence-electron chi connectivity index (χ2n) is 13.7. The van der Waals surface area contributed by atoms with Crippen molar-refractivity contribution in [2.24, 2.45) is 33.8 Å². The molecule has 4 aliphatic heterocycles. The number of hydrogen-bond acceptors (Lipinski definition) is 11. The molecule has 4 fully saturated rings. The van der Waals surface area contributed by atoms with Crippen LogP contribution in [0.5, 0.6) is 0 Å². The lowest BCUT2D eigenvalue weighted by molar-refractivity contribution is -0.171. The molecule has 4 N–H and O–H groups in total. The van der Waals surface area contributed by atoms with Crippen molar-refractivity contribution >= 4 is 40.3 Å². The molecule has 1 aromatic heterocycles. The fourth-order valence-electron chi connectivity index (χ4n) is 8.18. The fourth-order valence-corrected chi connectivity index (χ4v) is 8.73. The molecule has 0 bridgehead atoms. The number of halogens is 1. The van der Waals surface area contributed by atoms with Crippen molar-refractivity contribution in [1.29, 1.82) is 0 Å². The third kappa shape index (κ3) is 7.93. The number of thiazole rings is 1. The van der Waals surface area contributed by atoms with Crippen LogP contribution in [0.25, 0.3) is 0 Å². The van der Waals surface area contributed by atoms with Crippen molar-refractivity contribution in [3.8, 4) is 0 Å². The Labute approximate surface area is 278 Å². The van der Waals surface area contributed by atoms with E-state index in [1.807, 2.05) is 17.5 Å². The fraction of sp³-hybridized carbons (Fsp3) is 0.727. The molecule has 11 unspecified atom stereocenters. The zero-order valence-corrected chi connectivity index (χ0v) is 27.4. The summed E-state index contributed by atoms with van der Waals surface area (Å²) in [6.45, 7) is 2.15. The van der Waals surface area contributed by atoms with Crippen molar-refractivity contribution in [3.63, 3.8) is 0 Å². The smallest absolute Gasteiger partial charge is 0.231 e. The minimum Gasteiger partial charge on any atom is -0.376 e. The van der Waals surface area contributed by atoms with Crippen LogP contribution in [0, 0.1) is 23.7 Å². The van der Waals surface area contributed by atoms with Gasteiger partial charge in [0.25, 0.3) is 0 Å². The number of carbonyl (C=O) groups excluding carboxylic acids is 2. The lowest BCUT2D eigenvalue weighted by atomic mass is 9.68. The van der Waals surface area contributed by atoms with Crippen LogP contribution in [0.15, 0.2) is 33.8 Å². The minimum absolute atomic E-state index is 0.00749. The average Bonchev–Trinajstić information content (AvgIpc) is 3.74. The third-order valence-corrected chi connectivity index (χ3v) is 11.3. The number of anilines is 1. The van der Waals surface area contributed by atoms with Crippen LogP contribution in [-0.2, 0) is 23.8 Å². The van der Waals surface area contributed by atoms with Crippen molar-refractivity contribution in [2.45, 2.75) is 107 Å². The van der Waals surface area contributed by atoms with E-state index in [1.54, 1.807) is 12.4 Å². The molecular formula is C33H46FN7O5S. The van der Waals surface area contributed by atoms with Gasteiger partial charge in [-0.15, -0.1) is 11.3 Å². The van der Waals surface area contributed by atoms with Gasteiger partial charge in [-0.25, -0.2) is 9.37 Å². The molecule has 2 saturated carbocycles. The minimum atomic E-state index is -1.33. The van der Waals surface area contributed by atoms with E-state index in [1.165, 1.54) is 11.3 Å². The predicted octanol–water partition coefficient (Wildman–Crippen LogP) is 3.32. The SMILES string of the molecule is O=C(CC1NCCC2CC(OCC3CCCCO3)C(OC3CCC(C(=O)NC4=NNC5N=CC=CC45)C(F)C3)CC21)Nc1nccs1. The normalized spacial score (nSPS) is 38.1. The number of hydrogen-bond donors (Lipinski definition) is 4. The molecule has 11 atom stereocenters. The molecule has 0 radical (unpaired) electrons. The Balaban J connectivity index is 0.975. The van der Waals surface area contributed by atoms with Crippen molar-refractivity contribution in [2.75, 3.05) is 25.1 Å². The van der Waals surface area contributed by atoms with Crippen LogP contribution >= 0.6 is 11.3 Å². The van der Waals surface area contributed by atoms with Gasteiger partial charge in [0.1, 0.15) is 18.2 Å². The van der Waals surface area contributed by atoms with Gasteiger partial charge in [-0.1, -0.05) is 6.08 Å². The first-order chi connectivity index (χ1) is 23.0. The van der Waals surface area contributed by atoms with E-state index >= 15 is 4.39 Å². The highest BCUT2D eigenvalue weighted by Crippen LogP contribution is 2.42. The zero-order chi connectivity index (χ0) is 32.2. The van der Waals surface area contributed by atoms with Crippen LogP contribution in [0.2, 0.25) is 0 Å². The number of nitrogens with one attached hydrogen (secondary N) is 4. The third-order valence-electron chi connectivity index (χ3n) is 10.7. The van der Waals surface area contributed by atoms with Crippen molar-refractivity contribution < 1.29 is 28.2 Å². The molecule has 1 aromatic rings. The number of ether oxygens (including phenoxy) is 3. The van der Waals surface area contributed by atoms with Crippen molar-refractivity contribution in [3.05, 3.63) is 23.7 Å². The lowest BCUT2D eigenvalue weighted by Crippen LogP contribution is -2.55. The summed E-state index contributed by atoms with van der Waals surface area (Å²) >= 11 is 1.41. The predicted molar refractivity (Wildman–Crippen MR) is 176 cm³/mol. The van der Waals surface area contributed by atoms with Crippen LogP contribution < -0.4 is 21.4 Å². The van der Waals surface area contributed by atoms with E-state index in [4.69, 9.17) is 14.2 Å². The molecule has 47 heavy (non-hydrogen) atoms. The summed E-state index contributed by atoms with van der Waals surface area (Å²) in [5, 5.41) is 16.1. The van der Waals surface area contributed by atoms with Crippen LogP contribution in [0.1, 0.15) is 64.2 Å². The van der Waals surface area contributed by atoms with E-state index in [0.29, 0.717) is 42.8 Å². The Morgan fingerprint density at radius 2 is 2.04 bits per heavy atom. The number of allylic oxidation sites excluding steroid dienone is 1. The second-order valence-corrected chi connectivity index (χ2v) is 14.6. The number of rotatable bonds is 9. The summed E-state index contributed by atoms with van der Waals surface area (Å²) < 4.78 is 35.0. The molecule has 6 aliphatic rings. The molecule has 2 saturated heterocycles. The van der Waals surface area contributed by atoms with Gasteiger partial charge in [0.05, 0.1) is 42.9 Å². The number of aliphatic imine (C=N–C) groups is 1. The van der Waals surface area contributed by atoms with Crippen molar-refractivity contribution in [1.82, 2.24) is 21.0 Å². The first kappa shape index (κ1) is 32.8. The van der Waals surface area contributed by atoms with Gasteiger partial charge in [0.15, 0.2) is 5.13 Å². The lowest BCUT2D eigenvalue weighted by Gasteiger charge is -2.48. The topological polar surface area (TPSA) is 148 Å². The summed E-state index contributed by atoms with van der Waals surface area (Å²) in [6.07, 6.45) is 12.3. The molecule has 0 aromatic carbocycles. The number of nitrogens with zero attached hydrogens (tertiary/aromatic N) is 3. The maximum absolute atomic E-state index is 15.7. The highest BCUT2D eigenvalue weighted by molar-refractivity contribution is 7.13. The van der Waals surface area contributed by atoms with Gasteiger partial charge in [-0.3, -0.25) is 20.0 Å². The number of fused-ring (bicyclic) bond motifs is 2. The summed E-state index contributed by atoms with van der Waals surface area (Å²) in [4.78, 5) is 34.6. The molecule has 2 aliphatic carbocycles. The molecule has 14 heteroatoms. The molecule has 7 rings (SSSR count). The number of hydrazone groups is 1. The van der Waals surface area contributed by atoms with Crippen LogP contribution in [0.3, 0.4) is 0 Å². The zero-order valence-electron chi connectivity index (χ0n) is 26.6. The van der Waals surface area contributed by atoms with E-state index < -0.39 is 12.1 Å². The molecule has 5 heterocycles. The number of aromatic nitrogens is 1. The van der Waals surface area contributed by atoms with Crippen LogP contribution in [0.4, 0.5) is 9.52 Å². The largest absolute Gasteiger partial charge is 0.376 e. The molecular weight excluding hydrogens is 625 g/mol. The van der Waals surface area contributed by atoms with E-state index in [9.17, 15) is 9.59 Å². The first-order valence-corrected chi connectivity index (χ1v) is 18.2. The quantitative estimate of drug-likeness (QED) is 0.313. The van der Waals surface area contributed by atoms with Crippen LogP contribution in [-0.4, -0.2) is 91.4 Å². The highest BCUT2D eigenvalue weighted by atomic mass is 32.1. The number of alkyl halides is 1. The highest BCUT2D eigenvalue weighted by Gasteiger charge is 2.46. The monoisotopic (exact) mass is 671 g/mol. The molecule has 0 spiro atoms. The van der Waals surface area contributed by atoms with Gasteiger partial charge in [0, 0.05) is 43.3 Å². The maximum Gasteiger partial charge on any atom is 0.231 e. The second kappa shape index (κ2) is 15.2. The summed E-state index contributed by atoms with van der Waals surface area (Å²) in [7, 11) is 0. The molecule has 2 amide bonds. The van der Waals surface area contributed by atoms with E-state index in [-0.39, 0.29) is 66.7 Å². The van der Waals surface area contributed by atoms with Gasteiger partial charge in [-0.05, 0) is 75.8 Å². The Morgan fingerprint density at radius 1 is 1.11 bits per heavy atom. The Bertz CT molecular complexity index is 1320. The standard InChI is InChI=1S/C33H46FN7O5S/c34-25-15-20(6-7-22(25)32(43)39-31-23-5-3-9-36-30(23)40-41-31)46-28-16-24-19(14-27(28)45-18-21-4-1-2-12-44-21)8-10-35-26(24)17-29(42)38-33-37-11-13-47-33/h3,5,9,11,13,19-28,30,35,40H,1-2,4,6-8,10,12,14-18H2,(H,37,38,42)(H,39,41,43).